The van der Waals surface area contributed by atoms with Gasteiger partial charge in [-0.3, -0.25) is 4.79 Å². The van der Waals surface area contributed by atoms with E-state index in [2.05, 4.69) is 67.1 Å². The first kappa shape index (κ1) is 23.0. The zero-order valence-electron chi connectivity index (χ0n) is 17.4. The van der Waals surface area contributed by atoms with E-state index >= 15 is 0 Å². The number of nitrogens with zero attached hydrogens (tertiary/aromatic N) is 3. The topological polar surface area (TPSA) is 93.4 Å². The van der Waals surface area contributed by atoms with E-state index in [-0.39, 0.29) is 6.41 Å². The molecule has 8 heteroatoms. The second-order valence-electron chi connectivity index (χ2n) is 6.54. The Hall–Kier alpha value is -2.32. The summed E-state index contributed by atoms with van der Waals surface area (Å²) in [5.74, 6) is 3.80. The van der Waals surface area contributed by atoms with Crippen LogP contribution in [0.5, 0.6) is 0 Å². The molecule has 7 nitrogen and oxygen atoms in total. The van der Waals surface area contributed by atoms with E-state index in [1.807, 2.05) is 11.8 Å². The molecule has 1 aromatic carbocycles. The zero-order chi connectivity index (χ0) is 21.1. The molecule has 1 aliphatic rings. The Morgan fingerprint density at radius 2 is 2.03 bits per heavy atom. The highest BCUT2D eigenvalue weighted by Crippen LogP contribution is 2.25. The number of ether oxygens (including phenoxy) is 1. The second kappa shape index (κ2) is 12.3. The Balaban J connectivity index is 0.000000941. The predicted molar refractivity (Wildman–Crippen MR) is 121 cm³/mol. The number of hydrogen-bond donors (Lipinski definition) is 2. The van der Waals surface area contributed by atoms with Crippen molar-refractivity contribution in [1.82, 2.24) is 9.97 Å². The summed E-state index contributed by atoms with van der Waals surface area (Å²) in [4.78, 5) is 20.6. The van der Waals surface area contributed by atoms with E-state index in [1.54, 1.807) is 0 Å². The van der Waals surface area contributed by atoms with Crippen LogP contribution in [0.1, 0.15) is 26.5 Å². The zero-order valence-corrected chi connectivity index (χ0v) is 18.2. The van der Waals surface area contributed by atoms with Crippen LogP contribution in [0.25, 0.3) is 11.4 Å². The smallest absolute Gasteiger partial charge is 0.204 e. The molecule has 0 saturated carbocycles. The number of aromatic nitrogens is 2. The maximum Gasteiger partial charge on any atom is 0.204 e. The van der Waals surface area contributed by atoms with Crippen molar-refractivity contribution in [1.29, 1.82) is 0 Å². The lowest BCUT2D eigenvalue weighted by Gasteiger charge is -2.34. The van der Waals surface area contributed by atoms with Crippen molar-refractivity contribution in [2.75, 3.05) is 42.3 Å². The summed E-state index contributed by atoms with van der Waals surface area (Å²) < 4.78 is 5.58. The molecule has 2 aromatic rings. The summed E-state index contributed by atoms with van der Waals surface area (Å²) in [6, 6.07) is 10.8. The van der Waals surface area contributed by atoms with Crippen LogP contribution in [0.4, 0.5) is 11.5 Å². The number of carbonyl (C=O) groups excluding carboxylic acids is 1. The maximum absolute atomic E-state index is 8.58. The Bertz CT molecular complexity index is 757. The molecule has 0 radical (unpaired) electrons. The first-order valence-corrected chi connectivity index (χ1v) is 11.1. The molecule has 0 aliphatic carbocycles. The Kier molecular flexibility index (Phi) is 9.73. The lowest BCUT2D eigenvalue weighted by molar-refractivity contribution is -0.106. The molecule has 158 valence electrons. The van der Waals surface area contributed by atoms with Crippen LogP contribution in [0.15, 0.2) is 30.3 Å². The molecule has 2 heterocycles. The number of nitrogens with one attached hydrogen (secondary N) is 1. The number of nitrogens with two attached hydrogens (primary N) is 1. The number of amides is 1. The fourth-order valence-corrected chi connectivity index (χ4v) is 3.61. The fourth-order valence-electron chi connectivity index (χ4n) is 3.05. The molecule has 29 heavy (non-hydrogen) atoms. The van der Waals surface area contributed by atoms with Gasteiger partial charge in [0.15, 0.2) is 5.82 Å². The maximum atomic E-state index is 8.58. The number of morpholine rings is 1. The van der Waals surface area contributed by atoms with Crippen molar-refractivity contribution in [3.05, 3.63) is 36.0 Å². The molecule has 1 amide bonds. The van der Waals surface area contributed by atoms with Gasteiger partial charge in [-0.2, -0.15) is 11.8 Å². The molecule has 1 fully saturated rings. The number of carbonyl (C=O) groups is 1. The highest BCUT2D eigenvalue weighted by atomic mass is 32.2. The SMILES string of the molecule is CCNc1ccc(-c2nc(CSCC)cc(N3CCOCC3C)n2)cc1.NC=O. The molecule has 1 saturated heterocycles. The predicted octanol–water partition coefficient (Wildman–Crippen LogP) is 3.16. The largest absolute Gasteiger partial charge is 0.385 e. The monoisotopic (exact) mass is 417 g/mol. The van der Waals surface area contributed by atoms with Gasteiger partial charge in [0.2, 0.25) is 6.41 Å². The van der Waals surface area contributed by atoms with Crippen molar-refractivity contribution in [2.24, 2.45) is 5.73 Å². The van der Waals surface area contributed by atoms with Crippen molar-refractivity contribution in [2.45, 2.75) is 32.6 Å². The summed E-state index contributed by atoms with van der Waals surface area (Å²) in [6.45, 7) is 9.75. The van der Waals surface area contributed by atoms with Crippen molar-refractivity contribution < 1.29 is 9.53 Å². The molecular weight excluding hydrogens is 386 g/mol. The van der Waals surface area contributed by atoms with E-state index in [4.69, 9.17) is 19.5 Å². The lowest BCUT2D eigenvalue weighted by atomic mass is 10.2. The van der Waals surface area contributed by atoms with Gasteiger partial charge in [0.05, 0.1) is 24.9 Å². The molecule has 1 aliphatic heterocycles. The van der Waals surface area contributed by atoms with Crippen molar-refractivity contribution in [3.8, 4) is 11.4 Å². The van der Waals surface area contributed by atoms with Gasteiger partial charge >= 0.3 is 0 Å². The van der Waals surface area contributed by atoms with Gasteiger partial charge in [-0.1, -0.05) is 6.92 Å². The van der Waals surface area contributed by atoms with Crippen LogP contribution in [0, 0.1) is 0 Å². The summed E-state index contributed by atoms with van der Waals surface area (Å²) >= 11 is 1.89. The van der Waals surface area contributed by atoms with Crippen molar-refractivity contribution in [3.63, 3.8) is 0 Å². The summed E-state index contributed by atoms with van der Waals surface area (Å²) in [5, 5.41) is 3.33. The second-order valence-corrected chi connectivity index (χ2v) is 7.81. The van der Waals surface area contributed by atoms with Crippen LogP contribution in [0.3, 0.4) is 0 Å². The third kappa shape index (κ3) is 6.90. The van der Waals surface area contributed by atoms with E-state index in [0.717, 1.165) is 66.4 Å². The first-order valence-electron chi connectivity index (χ1n) is 9.92. The highest BCUT2D eigenvalue weighted by Gasteiger charge is 2.21. The van der Waals surface area contributed by atoms with Crippen molar-refractivity contribution >= 4 is 29.7 Å². The van der Waals surface area contributed by atoms with E-state index in [9.17, 15) is 0 Å². The minimum Gasteiger partial charge on any atom is -0.385 e. The van der Waals surface area contributed by atoms with Gasteiger partial charge in [-0.25, -0.2) is 9.97 Å². The Labute approximate surface area is 177 Å². The number of primary amides is 1. The summed E-state index contributed by atoms with van der Waals surface area (Å²) in [6.07, 6.45) is 0.250. The molecule has 1 aromatic heterocycles. The number of thioether (sulfide) groups is 1. The van der Waals surface area contributed by atoms with Gasteiger partial charge in [-0.05, 0) is 43.9 Å². The van der Waals surface area contributed by atoms with Gasteiger partial charge in [-0.15, -0.1) is 0 Å². The number of benzene rings is 1. The average molecular weight is 418 g/mol. The molecule has 1 unspecified atom stereocenters. The fraction of sp³-hybridized carbons (Fsp3) is 0.476. The molecule has 3 N–H and O–H groups in total. The quantitative estimate of drug-likeness (QED) is 0.668. The standard InChI is InChI=1S/C20H28N4OS.CH3NO/c1-4-21-17-8-6-16(7-9-17)20-22-18(14-26-5-2)12-19(23-20)24-10-11-25-13-15(24)3;2-1-3/h6-9,12,15,21H,4-5,10-11,13-14H2,1-3H3;1H,(H2,2,3). The lowest BCUT2D eigenvalue weighted by Crippen LogP contribution is -2.44. The van der Waals surface area contributed by atoms with E-state index in [0.29, 0.717) is 6.04 Å². The summed E-state index contributed by atoms with van der Waals surface area (Å²) in [5.41, 5.74) is 7.43. The molecular formula is C21H31N5O2S. The average Bonchev–Trinajstić information content (AvgIpc) is 2.74. The molecule has 3 rings (SSSR count). The highest BCUT2D eigenvalue weighted by molar-refractivity contribution is 7.98. The van der Waals surface area contributed by atoms with Gasteiger partial charge in [0.25, 0.3) is 0 Å². The number of hydrogen-bond acceptors (Lipinski definition) is 7. The Morgan fingerprint density at radius 3 is 2.66 bits per heavy atom. The number of rotatable bonds is 7. The van der Waals surface area contributed by atoms with Crippen LogP contribution in [0.2, 0.25) is 0 Å². The van der Waals surface area contributed by atoms with Gasteiger partial charge in [0, 0.05) is 36.2 Å². The van der Waals surface area contributed by atoms with Crippen LogP contribution in [-0.4, -0.2) is 54.5 Å². The number of anilines is 2. The third-order valence-corrected chi connectivity index (χ3v) is 5.31. The van der Waals surface area contributed by atoms with Crippen LogP contribution < -0.4 is 16.0 Å². The molecule has 1 atom stereocenters. The van der Waals surface area contributed by atoms with E-state index < -0.39 is 0 Å². The normalized spacial score (nSPS) is 16.0. The third-order valence-electron chi connectivity index (χ3n) is 4.41. The minimum atomic E-state index is 0.250. The Morgan fingerprint density at radius 1 is 1.31 bits per heavy atom. The van der Waals surface area contributed by atoms with Gasteiger partial charge in [0.1, 0.15) is 5.82 Å². The molecule has 0 bridgehead atoms. The van der Waals surface area contributed by atoms with Crippen LogP contribution in [-0.2, 0) is 15.3 Å². The summed E-state index contributed by atoms with van der Waals surface area (Å²) in [7, 11) is 0. The van der Waals surface area contributed by atoms with Gasteiger partial charge < -0.3 is 20.7 Å². The first-order chi connectivity index (χ1) is 14.1. The molecule has 0 spiro atoms. The van der Waals surface area contributed by atoms with Crippen LogP contribution >= 0.6 is 11.8 Å². The van der Waals surface area contributed by atoms with E-state index in [1.165, 1.54) is 0 Å². The minimum absolute atomic E-state index is 0.250.